The van der Waals surface area contributed by atoms with Gasteiger partial charge in [0.25, 0.3) is 0 Å². The molecule has 318 valence electrons. The molecule has 0 nitrogen and oxygen atoms in total. The van der Waals surface area contributed by atoms with Gasteiger partial charge in [-0.2, -0.15) is 11.6 Å². The van der Waals surface area contributed by atoms with Gasteiger partial charge in [0.2, 0.25) is 0 Å². The van der Waals surface area contributed by atoms with Crippen LogP contribution in [0.2, 0.25) is 0 Å². The molecule has 0 fully saturated rings. The van der Waals surface area contributed by atoms with E-state index in [2.05, 4.69) is 222 Å². The minimum atomic E-state index is 0. The average Bonchev–Trinajstić information content (AvgIpc) is 3.71. The van der Waals surface area contributed by atoms with Crippen molar-refractivity contribution in [1.82, 2.24) is 0 Å². The molecule has 0 aliphatic heterocycles. The molecule has 0 spiro atoms. The molecule has 5 aromatic rings. The Morgan fingerprint density at radius 1 is 0.542 bits per heavy atom. The minimum Gasteiger partial charge on any atom is -1.00 e. The zero-order valence-electron chi connectivity index (χ0n) is 39.9. The molecule has 0 saturated carbocycles. The van der Waals surface area contributed by atoms with Gasteiger partial charge in [-0.15, -0.1) is 39.7 Å². The van der Waals surface area contributed by atoms with E-state index in [0.29, 0.717) is 11.3 Å². The fourth-order valence-electron chi connectivity index (χ4n) is 7.65. The number of benzene rings is 4. The third-order valence-corrected chi connectivity index (χ3v) is 12.6. The fourth-order valence-corrected chi connectivity index (χ4v) is 8.47. The maximum atomic E-state index is 3.40. The molecule has 0 amide bonds. The maximum absolute atomic E-state index is 3.40. The molecule has 0 aromatic heterocycles. The fraction of sp³-hybridized carbons (Fsp3) is 0.464. The molecule has 1 atom stereocenters. The van der Waals surface area contributed by atoms with E-state index in [4.69, 9.17) is 0 Å². The van der Waals surface area contributed by atoms with Crippen molar-refractivity contribution in [2.45, 2.75) is 159 Å². The Balaban J connectivity index is 0.000000337. The standard InChI is InChI=1S/C29H41.C15H14.C12H19.2ClH.Zr/c1-26(2,3)22-14-18-13-19-15-23(27(4,5)6)25(29(10,11)12)17-21(19)20(18)16-24(22)28(7,8)9;1-12-3-7-14(8-4-12)11-15-9-5-13(2)6-10-15;1-5-6-10-7-8-11(9-10)12(2,3)4;;;/h13-17H,1-12H3;3-10H,1-2H3;8-10H,5-6H2,1-4H3;2*1H;/q-1;;-1;;;+2/p-2. The van der Waals surface area contributed by atoms with Crippen LogP contribution in [0.5, 0.6) is 0 Å². The summed E-state index contributed by atoms with van der Waals surface area (Å²) in [4.78, 5) is 0. The SMILES string of the molecule is CC(C)(C)c1cc2[cH-]c3cc(C(C)(C)C)c(C(C)(C)C)cc3c2cc1C(C)(C)C.CCCC1[C-]=CC(C(C)(C)C)=C1.Cc1ccc([C](=[Zr+2])c2ccc(C)cc2)cc1.[Cl-].[Cl-]. The van der Waals surface area contributed by atoms with Gasteiger partial charge in [-0.1, -0.05) is 169 Å². The Morgan fingerprint density at radius 3 is 1.17 bits per heavy atom. The summed E-state index contributed by atoms with van der Waals surface area (Å²) in [6.45, 7) is 41.3. The minimum absolute atomic E-state index is 0. The molecule has 59 heavy (non-hydrogen) atoms. The smallest absolute Gasteiger partial charge is 1.00 e. The molecular formula is C56H74Cl2Zr-2. The molecule has 0 heterocycles. The summed E-state index contributed by atoms with van der Waals surface area (Å²) in [5.41, 5.74) is 13.5. The van der Waals surface area contributed by atoms with E-state index >= 15 is 0 Å². The van der Waals surface area contributed by atoms with E-state index in [0.717, 1.165) is 0 Å². The van der Waals surface area contributed by atoms with Crippen molar-refractivity contribution in [3.63, 3.8) is 0 Å². The van der Waals surface area contributed by atoms with Gasteiger partial charge in [0.1, 0.15) is 0 Å². The van der Waals surface area contributed by atoms with E-state index in [1.54, 1.807) is 0 Å². The van der Waals surface area contributed by atoms with Gasteiger partial charge in [-0.05, 0) is 21.7 Å². The zero-order valence-corrected chi connectivity index (χ0v) is 43.9. The van der Waals surface area contributed by atoms with E-state index in [1.165, 1.54) is 112 Å². The summed E-state index contributed by atoms with van der Waals surface area (Å²) in [5, 5.41) is 5.57. The largest absolute Gasteiger partial charge is 1.00 e. The van der Waals surface area contributed by atoms with Crippen LogP contribution in [-0.4, -0.2) is 3.21 Å². The van der Waals surface area contributed by atoms with E-state index in [1.807, 2.05) is 0 Å². The normalized spacial score (nSPS) is 14.4. The quantitative estimate of drug-likeness (QED) is 0.158. The van der Waals surface area contributed by atoms with Gasteiger partial charge < -0.3 is 24.8 Å². The zero-order chi connectivity index (χ0) is 42.9. The molecule has 1 unspecified atom stereocenters. The number of rotatable bonds is 4. The predicted molar refractivity (Wildman–Crippen MR) is 251 cm³/mol. The molecular weight excluding hydrogens is 835 g/mol. The summed E-state index contributed by atoms with van der Waals surface area (Å²) >= 11 is 1.46. The van der Waals surface area contributed by atoms with Gasteiger partial charge in [0, 0.05) is 0 Å². The van der Waals surface area contributed by atoms with Crippen LogP contribution in [0.25, 0.3) is 21.5 Å². The van der Waals surface area contributed by atoms with Gasteiger partial charge in [-0.3, -0.25) is 6.08 Å². The summed E-state index contributed by atoms with van der Waals surface area (Å²) in [5.74, 6) is 0.587. The van der Waals surface area contributed by atoms with Gasteiger partial charge in [-0.25, -0.2) is 6.08 Å². The van der Waals surface area contributed by atoms with E-state index in [-0.39, 0.29) is 46.5 Å². The topological polar surface area (TPSA) is 0 Å². The van der Waals surface area contributed by atoms with Crippen molar-refractivity contribution in [3.8, 4) is 0 Å². The van der Waals surface area contributed by atoms with Crippen LogP contribution in [0.15, 0.2) is 96.6 Å². The molecule has 0 bridgehead atoms. The van der Waals surface area contributed by atoms with Crippen LogP contribution in [0.4, 0.5) is 0 Å². The van der Waals surface area contributed by atoms with Crippen LogP contribution in [0, 0.1) is 31.3 Å². The third-order valence-electron chi connectivity index (χ3n) is 11.2. The molecule has 0 radical (unpaired) electrons. The van der Waals surface area contributed by atoms with Crippen molar-refractivity contribution in [1.29, 1.82) is 0 Å². The molecule has 1 aliphatic carbocycles. The van der Waals surface area contributed by atoms with Crippen molar-refractivity contribution < 1.29 is 49.0 Å². The second kappa shape index (κ2) is 20.2. The first-order chi connectivity index (χ1) is 26.1. The number of hydrogen-bond acceptors (Lipinski definition) is 0. The molecule has 3 heteroatoms. The van der Waals surface area contributed by atoms with Gasteiger partial charge >= 0.3 is 112 Å². The first kappa shape index (κ1) is 52.7. The molecule has 0 N–H and O–H groups in total. The first-order valence-corrected chi connectivity index (χ1v) is 22.6. The molecule has 0 saturated heterocycles. The van der Waals surface area contributed by atoms with Crippen molar-refractivity contribution in [2.24, 2.45) is 11.3 Å². The second-order valence-corrected chi connectivity index (χ2v) is 23.0. The number of aryl methyl sites for hydroxylation is 2. The number of hydrogen-bond donors (Lipinski definition) is 0. The molecule has 1 aliphatic rings. The van der Waals surface area contributed by atoms with Crippen LogP contribution in [-0.2, 0) is 45.9 Å². The van der Waals surface area contributed by atoms with Crippen LogP contribution in [0.1, 0.15) is 168 Å². The summed E-state index contributed by atoms with van der Waals surface area (Å²) in [7, 11) is 0. The summed E-state index contributed by atoms with van der Waals surface area (Å²) < 4.78 is 1.42. The van der Waals surface area contributed by atoms with E-state index in [9.17, 15) is 0 Å². The van der Waals surface area contributed by atoms with Crippen molar-refractivity contribution in [2.75, 3.05) is 0 Å². The Bertz CT molecular complexity index is 2090. The summed E-state index contributed by atoms with van der Waals surface area (Å²) in [6.07, 6.45) is 10.4. The van der Waals surface area contributed by atoms with E-state index < -0.39 is 0 Å². The Morgan fingerprint density at radius 2 is 0.881 bits per heavy atom. The molecule has 6 rings (SSSR count). The average molecular weight is 909 g/mol. The molecule has 5 aromatic carbocycles. The predicted octanol–water partition coefficient (Wildman–Crippen LogP) is 10.1. The Kier molecular flexibility index (Phi) is 18.0. The number of allylic oxidation sites excluding steroid dienone is 4. The monoisotopic (exact) mass is 906 g/mol. The summed E-state index contributed by atoms with van der Waals surface area (Å²) in [6, 6.07) is 29.8. The van der Waals surface area contributed by atoms with Crippen LogP contribution < -0.4 is 24.8 Å². The number of halogens is 2. The van der Waals surface area contributed by atoms with Gasteiger partial charge in [0.15, 0.2) is 0 Å². The Labute approximate surface area is 388 Å². The second-order valence-electron chi connectivity index (χ2n) is 21.8. The van der Waals surface area contributed by atoms with Gasteiger partial charge in [0.05, 0.1) is 0 Å². The van der Waals surface area contributed by atoms with Crippen LogP contribution >= 0.6 is 0 Å². The maximum Gasteiger partial charge on any atom is -1.00 e. The number of fused-ring (bicyclic) bond motifs is 3. The Hall–Kier alpha value is -2.44. The first-order valence-electron chi connectivity index (χ1n) is 21.4. The third kappa shape index (κ3) is 13.8. The van der Waals surface area contributed by atoms with Crippen LogP contribution in [0.3, 0.4) is 0 Å². The van der Waals surface area contributed by atoms with Crippen molar-refractivity contribution >= 4 is 24.8 Å². The van der Waals surface area contributed by atoms with Crippen molar-refractivity contribution in [3.05, 3.63) is 147 Å².